The summed E-state index contributed by atoms with van der Waals surface area (Å²) < 4.78 is 1.67. The maximum absolute atomic E-state index is 12.5. The van der Waals surface area contributed by atoms with Crippen molar-refractivity contribution in [3.63, 3.8) is 0 Å². The van der Waals surface area contributed by atoms with Crippen LogP contribution in [0.4, 0.5) is 0 Å². The number of aromatic nitrogens is 2. The summed E-state index contributed by atoms with van der Waals surface area (Å²) in [6.45, 7) is 4.43. The van der Waals surface area contributed by atoms with Crippen LogP contribution in [0.25, 0.3) is 5.69 Å². The number of piperazine rings is 1. The third-order valence-electron chi connectivity index (χ3n) is 3.66. The fourth-order valence-corrected chi connectivity index (χ4v) is 2.69. The van der Waals surface area contributed by atoms with Crippen LogP contribution in [0.15, 0.2) is 36.7 Å². The molecule has 3 rings (SSSR count). The highest BCUT2D eigenvalue weighted by molar-refractivity contribution is 6.30. The highest BCUT2D eigenvalue weighted by atomic mass is 35.5. The summed E-state index contributed by atoms with van der Waals surface area (Å²) in [5, 5.41) is 8.19. The molecule has 7 heteroatoms. The Kier molecular flexibility index (Phi) is 5.45. The highest BCUT2D eigenvalue weighted by Crippen LogP contribution is 2.16. The molecule has 2 heterocycles. The third kappa shape index (κ3) is 3.43. The minimum absolute atomic E-state index is 0. The Balaban J connectivity index is 0.00000176. The largest absolute Gasteiger partial charge is 0.333 e. The number of amides is 1. The Morgan fingerprint density at radius 2 is 2.27 bits per heavy atom. The van der Waals surface area contributed by atoms with Crippen LogP contribution in [0.1, 0.15) is 17.3 Å². The first-order chi connectivity index (χ1) is 10.1. The first-order valence-corrected chi connectivity index (χ1v) is 7.35. The number of rotatable bonds is 2. The molecule has 1 aliphatic rings. The van der Waals surface area contributed by atoms with Gasteiger partial charge in [0, 0.05) is 36.9 Å². The van der Waals surface area contributed by atoms with Gasteiger partial charge in [0.25, 0.3) is 5.91 Å². The van der Waals surface area contributed by atoms with E-state index in [0.29, 0.717) is 10.6 Å². The molecular weight excluding hydrogens is 323 g/mol. The fourth-order valence-electron chi connectivity index (χ4n) is 2.50. The molecule has 5 nitrogen and oxygen atoms in total. The summed E-state index contributed by atoms with van der Waals surface area (Å²) in [6, 6.07) is 7.58. The molecule has 1 fully saturated rings. The van der Waals surface area contributed by atoms with E-state index in [4.69, 9.17) is 11.6 Å². The van der Waals surface area contributed by atoms with Crippen molar-refractivity contribution in [1.82, 2.24) is 20.0 Å². The minimum Gasteiger partial charge on any atom is -0.333 e. The van der Waals surface area contributed by atoms with Crippen molar-refractivity contribution in [2.24, 2.45) is 0 Å². The van der Waals surface area contributed by atoms with Crippen LogP contribution in [0.3, 0.4) is 0 Å². The van der Waals surface area contributed by atoms with Gasteiger partial charge in [0.05, 0.1) is 17.4 Å². The number of benzene rings is 1. The van der Waals surface area contributed by atoms with Gasteiger partial charge in [-0.2, -0.15) is 5.10 Å². The number of nitrogens with one attached hydrogen (secondary N) is 1. The van der Waals surface area contributed by atoms with Crippen molar-refractivity contribution in [2.75, 3.05) is 19.6 Å². The number of nitrogens with zero attached hydrogens (tertiary/aromatic N) is 3. The van der Waals surface area contributed by atoms with E-state index in [1.165, 1.54) is 0 Å². The van der Waals surface area contributed by atoms with Crippen molar-refractivity contribution in [3.05, 3.63) is 47.2 Å². The van der Waals surface area contributed by atoms with Crippen LogP contribution in [-0.2, 0) is 0 Å². The minimum atomic E-state index is 0. The van der Waals surface area contributed by atoms with Crippen molar-refractivity contribution in [2.45, 2.75) is 13.0 Å². The maximum Gasteiger partial charge on any atom is 0.257 e. The Morgan fingerprint density at radius 3 is 3.00 bits per heavy atom. The van der Waals surface area contributed by atoms with E-state index in [2.05, 4.69) is 10.4 Å². The summed E-state index contributed by atoms with van der Waals surface area (Å²) in [4.78, 5) is 14.4. The molecule has 22 heavy (non-hydrogen) atoms. The lowest BCUT2D eigenvalue weighted by Gasteiger charge is -2.33. The van der Waals surface area contributed by atoms with Gasteiger partial charge in [-0.15, -0.1) is 12.4 Å². The fraction of sp³-hybridized carbons (Fsp3) is 0.333. The van der Waals surface area contributed by atoms with Crippen LogP contribution in [0, 0.1) is 0 Å². The molecule has 1 aromatic heterocycles. The number of carbonyl (C=O) groups excluding carboxylic acids is 1. The summed E-state index contributed by atoms with van der Waals surface area (Å²) >= 11 is 5.98. The molecule has 118 valence electrons. The lowest BCUT2D eigenvalue weighted by Crippen LogP contribution is -2.52. The number of halogens is 2. The predicted octanol–water partition coefficient (Wildman–Crippen LogP) is 2.38. The van der Waals surface area contributed by atoms with Crippen molar-refractivity contribution in [3.8, 4) is 5.69 Å². The molecule has 1 atom stereocenters. The third-order valence-corrected chi connectivity index (χ3v) is 3.90. The summed E-state index contributed by atoms with van der Waals surface area (Å²) in [5.74, 6) is 0.0253. The average Bonchev–Trinajstić information content (AvgIpc) is 2.97. The van der Waals surface area contributed by atoms with Crippen molar-refractivity contribution < 1.29 is 4.79 Å². The molecule has 0 saturated carbocycles. The molecule has 1 aliphatic heterocycles. The van der Waals surface area contributed by atoms with Gasteiger partial charge >= 0.3 is 0 Å². The lowest BCUT2D eigenvalue weighted by molar-refractivity contribution is 0.0656. The second kappa shape index (κ2) is 7.13. The number of carbonyl (C=O) groups is 1. The zero-order valence-corrected chi connectivity index (χ0v) is 13.8. The van der Waals surface area contributed by atoms with E-state index < -0.39 is 0 Å². The first-order valence-electron chi connectivity index (χ1n) is 6.97. The standard InChI is InChI=1S/C15H17ClN4O.ClH/c1-11-8-17-5-6-19(11)15(21)12-9-18-20(10-12)14-4-2-3-13(16)7-14;/h2-4,7,9-11,17H,5-6,8H2,1H3;1H/t11-;/m1./s1. The molecule has 2 aromatic rings. The summed E-state index contributed by atoms with van der Waals surface area (Å²) in [6.07, 6.45) is 3.36. The van der Waals surface area contributed by atoms with Gasteiger partial charge in [-0.3, -0.25) is 4.79 Å². The Labute approximate surface area is 140 Å². The molecule has 0 radical (unpaired) electrons. The van der Waals surface area contributed by atoms with Crippen LogP contribution >= 0.6 is 24.0 Å². The number of hydrogen-bond donors (Lipinski definition) is 1. The van der Waals surface area contributed by atoms with Gasteiger partial charge in [0.15, 0.2) is 0 Å². The van der Waals surface area contributed by atoms with Gasteiger partial charge in [-0.05, 0) is 25.1 Å². The van der Waals surface area contributed by atoms with Gasteiger partial charge in [-0.25, -0.2) is 4.68 Å². The zero-order valence-electron chi connectivity index (χ0n) is 12.2. The second-order valence-corrected chi connectivity index (χ2v) is 5.64. The van der Waals surface area contributed by atoms with Gasteiger partial charge in [0.1, 0.15) is 0 Å². The van der Waals surface area contributed by atoms with E-state index in [9.17, 15) is 4.79 Å². The van der Waals surface area contributed by atoms with Crippen LogP contribution < -0.4 is 5.32 Å². The van der Waals surface area contributed by atoms with Gasteiger partial charge < -0.3 is 10.2 Å². The van der Waals surface area contributed by atoms with E-state index in [-0.39, 0.29) is 24.4 Å². The molecule has 1 amide bonds. The highest BCUT2D eigenvalue weighted by Gasteiger charge is 2.24. The van der Waals surface area contributed by atoms with E-state index in [0.717, 1.165) is 25.3 Å². The quantitative estimate of drug-likeness (QED) is 0.913. The van der Waals surface area contributed by atoms with Gasteiger partial charge in [0.2, 0.25) is 0 Å². The summed E-state index contributed by atoms with van der Waals surface area (Å²) in [7, 11) is 0. The molecule has 1 aromatic carbocycles. The SMILES string of the molecule is C[C@@H]1CNCCN1C(=O)c1cnn(-c2cccc(Cl)c2)c1.Cl. The molecule has 0 unspecified atom stereocenters. The molecule has 0 bridgehead atoms. The van der Waals surface area contributed by atoms with E-state index >= 15 is 0 Å². The monoisotopic (exact) mass is 340 g/mol. The van der Waals surface area contributed by atoms with Gasteiger partial charge in [-0.1, -0.05) is 17.7 Å². The topological polar surface area (TPSA) is 50.2 Å². The van der Waals surface area contributed by atoms with Crippen molar-refractivity contribution in [1.29, 1.82) is 0 Å². The van der Waals surface area contributed by atoms with E-state index in [1.807, 2.05) is 36.1 Å². The normalized spacial score (nSPS) is 17.9. The second-order valence-electron chi connectivity index (χ2n) is 5.21. The molecule has 0 spiro atoms. The molecular formula is C15H18Cl2N4O. The summed E-state index contributed by atoms with van der Waals surface area (Å²) in [5.41, 5.74) is 1.44. The van der Waals surface area contributed by atoms with Crippen LogP contribution in [0.2, 0.25) is 5.02 Å². The van der Waals surface area contributed by atoms with E-state index in [1.54, 1.807) is 17.1 Å². The van der Waals surface area contributed by atoms with Crippen molar-refractivity contribution >= 4 is 29.9 Å². The first kappa shape index (κ1) is 16.8. The maximum atomic E-state index is 12.5. The average molecular weight is 341 g/mol. The Morgan fingerprint density at radius 1 is 1.45 bits per heavy atom. The zero-order chi connectivity index (χ0) is 14.8. The molecule has 1 saturated heterocycles. The number of hydrogen-bond acceptors (Lipinski definition) is 3. The molecule has 0 aliphatic carbocycles. The Bertz CT molecular complexity index is 658. The predicted molar refractivity (Wildman–Crippen MR) is 89.2 cm³/mol. The lowest BCUT2D eigenvalue weighted by atomic mass is 10.2. The smallest absolute Gasteiger partial charge is 0.257 e. The van der Waals surface area contributed by atoms with Crippen LogP contribution in [-0.4, -0.2) is 46.3 Å². The molecule has 1 N–H and O–H groups in total. The Hall–Kier alpha value is -1.56. The van der Waals surface area contributed by atoms with Crippen LogP contribution in [0.5, 0.6) is 0 Å².